The molecule has 2 aliphatic rings. The van der Waals surface area contributed by atoms with Crippen molar-refractivity contribution in [3.05, 3.63) is 58.9 Å². The summed E-state index contributed by atoms with van der Waals surface area (Å²) in [5.74, 6) is 1.13. The van der Waals surface area contributed by atoms with Crippen molar-refractivity contribution < 1.29 is 27.4 Å². The summed E-state index contributed by atoms with van der Waals surface area (Å²) < 4.78 is 53.3. The van der Waals surface area contributed by atoms with Gasteiger partial charge in [-0.05, 0) is 36.4 Å². The number of ether oxygens (including phenoxy) is 2. The van der Waals surface area contributed by atoms with Gasteiger partial charge in [-0.2, -0.15) is 18.2 Å². The van der Waals surface area contributed by atoms with Crippen LogP contribution in [0.3, 0.4) is 0 Å². The van der Waals surface area contributed by atoms with Crippen LogP contribution in [0.5, 0.6) is 17.4 Å². The van der Waals surface area contributed by atoms with E-state index in [2.05, 4.69) is 37.7 Å². The molecule has 5 rings (SSSR count). The monoisotopic (exact) mass is 591 g/mol. The molecule has 0 bridgehead atoms. The Bertz CT molecular complexity index is 1400. The molecule has 0 atom stereocenters. The zero-order valence-corrected chi connectivity index (χ0v) is 23.0. The number of nitrogens with one attached hydrogen (secondary N) is 3. The Labute approximate surface area is 239 Å². The highest BCUT2D eigenvalue weighted by atomic mass is 35.5. The van der Waals surface area contributed by atoms with E-state index in [1.165, 1.54) is 36.7 Å². The first-order valence-electron chi connectivity index (χ1n) is 13.1. The van der Waals surface area contributed by atoms with E-state index in [0.29, 0.717) is 43.5 Å². The molecule has 0 unspecified atom stereocenters. The zero-order chi connectivity index (χ0) is 29.0. The smallest absolute Gasteiger partial charge is 0.416 e. The predicted octanol–water partition coefficient (Wildman–Crippen LogP) is 5.53. The molecule has 0 saturated carbocycles. The number of rotatable bonds is 7. The van der Waals surface area contributed by atoms with Gasteiger partial charge in [-0.3, -0.25) is 4.90 Å². The second-order valence-electron chi connectivity index (χ2n) is 9.54. The number of carbonyl (C=O) groups is 1. The van der Waals surface area contributed by atoms with Crippen LogP contribution in [0.4, 0.5) is 35.2 Å². The minimum absolute atomic E-state index is 0.0112. The number of amides is 2. The number of hydrogen-bond acceptors (Lipinski definition) is 8. The Hall–Kier alpha value is -3.81. The summed E-state index contributed by atoms with van der Waals surface area (Å²) in [6, 6.07) is 7.62. The lowest BCUT2D eigenvalue weighted by Gasteiger charge is -2.34. The van der Waals surface area contributed by atoms with Gasteiger partial charge < -0.3 is 30.3 Å². The minimum atomic E-state index is -4.57. The molecule has 10 nitrogen and oxygen atoms in total. The van der Waals surface area contributed by atoms with Crippen molar-refractivity contribution in [1.29, 1.82) is 0 Å². The number of likely N-dealkylation sites (N-methyl/N-ethyl adjacent to an activating group) is 1. The van der Waals surface area contributed by atoms with E-state index >= 15 is 0 Å². The third-order valence-corrected chi connectivity index (χ3v) is 7.10. The Kier molecular flexibility index (Phi) is 8.66. The quantitative estimate of drug-likeness (QED) is 0.330. The van der Waals surface area contributed by atoms with Crippen LogP contribution in [0.1, 0.15) is 18.1 Å². The molecule has 3 heterocycles. The lowest BCUT2D eigenvalue weighted by atomic mass is 10.0. The van der Waals surface area contributed by atoms with Crippen LogP contribution in [0, 0.1) is 0 Å². The van der Waals surface area contributed by atoms with Gasteiger partial charge in [0.1, 0.15) is 18.7 Å². The maximum Gasteiger partial charge on any atom is 0.416 e. The number of fused-ring (bicyclic) bond motifs is 1. The summed E-state index contributed by atoms with van der Waals surface area (Å²) in [5, 5.41) is 8.39. The van der Waals surface area contributed by atoms with E-state index in [1.54, 1.807) is 0 Å². The second-order valence-corrected chi connectivity index (χ2v) is 9.95. The number of anilines is 3. The van der Waals surface area contributed by atoms with Crippen LogP contribution in [0.2, 0.25) is 5.02 Å². The molecule has 0 aliphatic carbocycles. The van der Waals surface area contributed by atoms with Crippen molar-refractivity contribution in [3.63, 3.8) is 0 Å². The number of halogens is 4. The number of hydrogen-bond donors (Lipinski definition) is 3. The van der Waals surface area contributed by atoms with Gasteiger partial charge in [-0.25, -0.2) is 9.78 Å². The molecule has 41 heavy (non-hydrogen) atoms. The number of carbonyl (C=O) groups excluding carboxylic acids is 1. The first-order valence-corrected chi connectivity index (χ1v) is 13.5. The molecule has 1 saturated heterocycles. The SMILES string of the molecule is CCN1CCN(Cc2ccc(NC(=O)Nc3ccc(Cl)c(Oc4ncnc5c4OCCN5)c3)cc2C(F)(F)F)CC1. The summed E-state index contributed by atoms with van der Waals surface area (Å²) in [7, 11) is 0. The lowest BCUT2D eigenvalue weighted by Crippen LogP contribution is -2.45. The summed E-state index contributed by atoms with van der Waals surface area (Å²) in [4.78, 5) is 25.2. The van der Waals surface area contributed by atoms with Gasteiger partial charge in [0.05, 0.1) is 17.1 Å². The van der Waals surface area contributed by atoms with E-state index in [0.717, 1.165) is 25.7 Å². The number of piperazine rings is 1. The van der Waals surface area contributed by atoms with Gasteiger partial charge >= 0.3 is 12.2 Å². The van der Waals surface area contributed by atoms with Gasteiger partial charge in [0.25, 0.3) is 5.88 Å². The van der Waals surface area contributed by atoms with E-state index in [-0.39, 0.29) is 34.4 Å². The Balaban J connectivity index is 1.26. The van der Waals surface area contributed by atoms with Gasteiger partial charge in [-0.15, -0.1) is 0 Å². The summed E-state index contributed by atoms with van der Waals surface area (Å²) in [6.45, 7) is 7.20. The summed E-state index contributed by atoms with van der Waals surface area (Å²) >= 11 is 6.29. The number of urea groups is 1. The van der Waals surface area contributed by atoms with Crippen LogP contribution >= 0.6 is 11.6 Å². The summed E-state index contributed by atoms with van der Waals surface area (Å²) in [5.41, 5.74) is -0.306. The summed E-state index contributed by atoms with van der Waals surface area (Å²) in [6.07, 6.45) is -3.26. The standard InChI is InChI=1S/C27H29ClF3N7O3/c1-2-37-8-10-38(11-9-37)15-17-3-4-18(13-20(17)27(29,30)31)35-26(39)36-19-5-6-21(28)22(14-19)41-25-23-24(33-16-34-25)32-7-12-40-23/h3-6,13-14,16H,2,7-12,15H2,1H3,(H,32,33,34)(H2,35,36,39). The van der Waals surface area contributed by atoms with Crippen molar-refractivity contribution in [2.75, 3.05) is 61.8 Å². The molecule has 0 radical (unpaired) electrons. The molecule has 2 amide bonds. The fourth-order valence-electron chi connectivity index (χ4n) is 4.63. The highest BCUT2D eigenvalue weighted by Gasteiger charge is 2.34. The van der Waals surface area contributed by atoms with Gasteiger partial charge in [0, 0.05) is 50.2 Å². The maximum absolute atomic E-state index is 13.9. The molecule has 3 aromatic rings. The molecule has 0 spiro atoms. The molecule has 218 valence electrons. The van der Waals surface area contributed by atoms with Crippen molar-refractivity contribution in [1.82, 2.24) is 19.8 Å². The highest BCUT2D eigenvalue weighted by molar-refractivity contribution is 6.32. The van der Waals surface area contributed by atoms with E-state index in [9.17, 15) is 18.0 Å². The van der Waals surface area contributed by atoms with Crippen LogP contribution in [-0.2, 0) is 12.7 Å². The van der Waals surface area contributed by atoms with Crippen molar-refractivity contribution in [3.8, 4) is 17.4 Å². The predicted molar refractivity (Wildman–Crippen MR) is 149 cm³/mol. The number of aromatic nitrogens is 2. The van der Waals surface area contributed by atoms with E-state index in [1.807, 2.05) is 4.90 Å². The van der Waals surface area contributed by atoms with E-state index in [4.69, 9.17) is 21.1 Å². The molecule has 1 aromatic heterocycles. The Morgan fingerprint density at radius 1 is 1.07 bits per heavy atom. The van der Waals surface area contributed by atoms with Crippen LogP contribution in [0.25, 0.3) is 0 Å². The average Bonchev–Trinajstić information content (AvgIpc) is 2.95. The minimum Gasteiger partial charge on any atom is -0.483 e. The molecule has 1 fully saturated rings. The second kappa shape index (κ2) is 12.4. The number of alkyl halides is 3. The van der Waals surface area contributed by atoms with Gasteiger partial charge in [0.2, 0.25) is 5.75 Å². The average molecular weight is 592 g/mol. The first-order chi connectivity index (χ1) is 19.7. The first kappa shape index (κ1) is 28.7. The fourth-order valence-corrected chi connectivity index (χ4v) is 4.78. The van der Waals surface area contributed by atoms with Crippen molar-refractivity contribution in [2.24, 2.45) is 0 Å². The van der Waals surface area contributed by atoms with Crippen molar-refractivity contribution >= 4 is 34.8 Å². The van der Waals surface area contributed by atoms with Crippen LogP contribution < -0.4 is 25.4 Å². The Morgan fingerprint density at radius 3 is 2.51 bits per heavy atom. The fraction of sp³-hybridized carbons (Fsp3) is 0.370. The molecule has 2 aliphatic heterocycles. The van der Waals surface area contributed by atoms with E-state index < -0.39 is 17.8 Å². The van der Waals surface area contributed by atoms with Gasteiger partial charge in [-0.1, -0.05) is 24.6 Å². The number of benzene rings is 2. The van der Waals surface area contributed by atoms with Gasteiger partial charge in [0.15, 0.2) is 5.82 Å². The topological polar surface area (TPSA) is 104 Å². The maximum atomic E-state index is 13.9. The highest BCUT2D eigenvalue weighted by Crippen LogP contribution is 2.39. The van der Waals surface area contributed by atoms with Crippen LogP contribution in [-0.4, -0.2) is 71.7 Å². The number of nitrogens with zero attached hydrogens (tertiary/aromatic N) is 4. The third-order valence-electron chi connectivity index (χ3n) is 6.79. The lowest BCUT2D eigenvalue weighted by molar-refractivity contribution is -0.138. The molecule has 2 aromatic carbocycles. The normalized spacial score (nSPS) is 15.8. The molecular weight excluding hydrogens is 563 g/mol. The largest absolute Gasteiger partial charge is 0.483 e. The molecule has 14 heteroatoms. The Morgan fingerprint density at radius 2 is 1.78 bits per heavy atom. The zero-order valence-electron chi connectivity index (χ0n) is 22.2. The van der Waals surface area contributed by atoms with Crippen LogP contribution in [0.15, 0.2) is 42.7 Å². The van der Waals surface area contributed by atoms with Crippen molar-refractivity contribution in [2.45, 2.75) is 19.6 Å². The molecular formula is C27H29ClF3N7O3. The molecule has 3 N–H and O–H groups in total. The third kappa shape index (κ3) is 7.10.